The monoisotopic (exact) mass is 628 g/mol. The summed E-state index contributed by atoms with van der Waals surface area (Å²) in [4.78, 5) is 0. The van der Waals surface area contributed by atoms with E-state index in [2.05, 4.69) is 13.8 Å². The number of hydrogen-bond acceptors (Lipinski definition) is 8. The van der Waals surface area contributed by atoms with Gasteiger partial charge in [-0.05, 0) is 63.8 Å². The molecule has 2 rings (SSSR count). The van der Waals surface area contributed by atoms with Crippen LogP contribution in [0.2, 0.25) is 0 Å². The van der Waals surface area contributed by atoms with Crippen LogP contribution < -0.4 is 9.47 Å². The first kappa shape index (κ1) is 36.8. The summed E-state index contributed by atoms with van der Waals surface area (Å²) in [5.74, 6) is 1.33. The molecule has 0 unspecified atom stereocenters. The molecule has 0 atom stereocenters. The number of hydrogen-bond donors (Lipinski definition) is 0. The molecule has 0 aliphatic heterocycles. The minimum atomic E-state index is -3.43. The van der Waals surface area contributed by atoms with Gasteiger partial charge in [-0.15, -0.1) is 0 Å². The molecule has 0 bridgehead atoms. The lowest BCUT2D eigenvalue weighted by molar-refractivity contribution is 0.218. The molecule has 0 aliphatic rings. The first-order chi connectivity index (χ1) is 20.3. The van der Waals surface area contributed by atoms with Crippen molar-refractivity contribution in [2.45, 2.75) is 105 Å². The summed E-state index contributed by atoms with van der Waals surface area (Å²) in [6, 6.07) is 7.65. The summed E-state index contributed by atoms with van der Waals surface area (Å²) < 4.78 is 62.9. The summed E-state index contributed by atoms with van der Waals surface area (Å²) in [7, 11) is -6.87. The van der Waals surface area contributed by atoms with Crippen molar-refractivity contribution in [3.05, 3.63) is 35.4 Å². The molecule has 240 valence electrons. The van der Waals surface area contributed by atoms with E-state index in [4.69, 9.17) is 27.6 Å². The third kappa shape index (κ3) is 11.6. The molecule has 0 N–H and O–H groups in total. The van der Waals surface area contributed by atoms with Gasteiger partial charge in [0.1, 0.15) is 11.5 Å². The lowest BCUT2D eigenvalue weighted by atomic mass is 9.99. The van der Waals surface area contributed by atoms with Gasteiger partial charge in [-0.1, -0.05) is 64.5 Å². The van der Waals surface area contributed by atoms with Crippen LogP contribution in [0.1, 0.15) is 104 Å². The second-order valence-electron chi connectivity index (χ2n) is 10.2. The van der Waals surface area contributed by atoms with Gasteiger partial charge in [-0.3, -0.25) is 9.13 Å². The molecule has 2 aromatic rings. The van der Waals surface area contributed by atoms with E-state index in [9.17, 15) is 9.13 Å². The highest BCUT2D eigenvalue weighted by atomic mass is 31.2. The summed E-state index contributed by atoms with van der Waals surface area (Å²) in [6.45, 7) is 13.8. The predicted molar refractivity (Wildman–Crippen MR) is 172 cm³/mol. The number of unbranched alkanes of at least 4 members (excludes halogenated alkanes) is 6. The zero-order valence-corrected chi connectivity index (χ0v) is 28.6. The van der Waals surface area contributed by atoms with Crippen molar-refractivity contribution in [2.24, 2.45) is 0 Å². The minimum Gasteiger partial charge on any atom is -0.493 e. The molecular weight excluding hydrogens is 574 g/mol. The van der Waals surface area contributed by atoms with Gasteiger partial charge in [0.2, 0.25) is 0 Å². The van der Waals surface area contributed by atoms with Crippen molar-refractivity contribution in [1.29, 1.82) is 0 Å². The van der Waals surface area contributed by atoms with E-state index in [1.165, 1.54) is 0 Å². The Hall–Kier alpha value is -1.40. The first-order valence-electron chi connectivity index (χ1n) is 15.9. The topological polar surface area (TPSA) is 89.5 Å². The van der Waals surface area contributed by atoms with Gasteiger partial charge in [0.15, 0.2) is 0 Å². The van der Waals surface area contributed by atoms with Crippen molar-refractivity contribution < 1.29 is 36.7 Å². The first-order valence-corrected chi connectivity index (χ1v) is 19.3. The van der Waals surface area contributed by atoms with E-state index in [0.717, 1.165) is 73.3 Å². The SMILES string of the molecule is CCCCCCOc1ccc(CP(=O)(OCC)OCC)c2c(OCCCCCC)ccc(CP(=O)(OCC)OCC)c12. The molecule has 8 nitrogen and oxygen atoms in total. The number of rotatable bonds is 24. The third-order valence-corrected chi connectivity index (χ3v) is 10.9. The maximum atomic E-state index is 13.7. The van der Waals surface area contributed by atoms with Crippen LogP contribution in [-0.2, 0) is 39.5 Å². The highest BCUT2D eigenvalue weighted by Crippen LogP contribution is 2.56. The molecule has 0 fully saturated rings. The van der Waals surface area contributed by atoms with Gasteiger partial charge < -0.3 is 27.6 Å². The van der Waals surface area contributed by atoms with Crippen LogP contribution in [0, 0.1) is 0 Å². The lowest BCUT2D eigenvalue weighted by Gasteiger charge is -2.23. The van der Waals surface area contributed by atoms with Gasteiger partial charge in [0.25, 0.3) is 0 Å². The molecule has 0 heterocycles. The molecule has 0 spiro atoms. The summed E-state index contributed by atoms with van der Waals surface area (Å²) in [5, 5.41) is 1.54. The molecule has 0 aliphatic carbocycles. The summed E-state index contributed by atoms with van der Waals surface area (Å²) in [6.07, 6.45) is 8.78. The Morgan fingerprint density at radius 3 is 1.17 bits per heavy atom. The molecule has 2 aromatic carbocycles. The zero-order chi connectivity index (χ0) is 30.8. The second-order valence-corrected chi connectivity index (χ2v) is 14.3. The van der Waals surface area contributed by atoms with Crippen molar-refractivity contribution in [3.63, 3.8) is 0 Å². The molecule has 0 radical (unpaired) electrons. The van der Waals surface area contributed by atoms with Crippen molar-refractivity contribution >= 4 is 26.0 Å². The van der Waals surface area contributed by atoms with E-state index < -0.39 is 15.2 Å². The standard InChI is InChI=1S/C32H54O8P2/c1-7-13-15-17-23-35-29-21-19-28(26-42(34,39-11-5)40-12-6)32-30(36-24-18-16-14-8-2)22-20-27(31(29)32)25-41(33,37-9-3)38-10-4/h19-22H,7-18,23-26H2,1-6H3. The molecule has 0 saturated heterocycles. The van der Waals surface area contributed by atoms with Gasteiger partial charge >= 0.3 is 15.2 Å². The van der Waals surface area contributed by atoms with Gasteiger partial charge in [0.05, 0.1) is 52.0 Å². The molecule has 42 heavy (non-hydrogen) atoms. The largest absolute Gasteiger partial charge is 0.493 e. The van der Waals surface area contributed by atoms with Gasteiger partial charge in [0, 0.05) is 10.8 Å². The van der Waals surface area contributed by atoms with Crippen LogP contribution in [0.4, 0.5) is 0 Å². The van der Waals surface area contributed by atoms with Crippen LogP contribution in [0.5, 0.6) is 11.5 Å². The van der Waals surface area contributed by atoms with Crippen molar-refractivity contribution in [1.82, 2.24) is 0 Å². The predicted octanol–water partition coefficient (Wildman–Crippen LogP) is 10.3. The molecule has 0 aromatic heterocycles. The van der Waals surface area contributed by atoms with E-state index >= 15 is 0 Å². The highest BCUT2D eigenvalue weighted by molar-refractivity contribution is 7.53. The molecule has 0 saturated carbocycles. The average molecular weight is 629 g/mol. The van der Waals surface area contributed by atoms with E-state index in [1.807, 2.05) is 24.3 Å². The quantitative estimate of drug-likeness (QED) is 0.0838. The number of ether oxygens (including phenoxy) is 2. The van der Waals surface area contributed by atoms with E-state index in [0.29, 0.717) is 24.7 Å². The van der Waals surface area contributed by atoms with Crippen LogP contribution in [-0.4, -0.2) is 39.6 Å². The minimum absolute atomic E-state index is 0.0756. The lowest BCUT2D eigenvalue weighted by Crippen LogP contribution is -2.06. The zero-order valence-electron chi connectivity index (χ0n) is 26.8. The fraction of sp³-hybridized carbons (Fsp3) is 0.688. The summed E-state index contributed by atoms with van der Waals surface area (Å²) in [5.41, 5.74) is 1.53. The van der Waals surface area contributed by atoms with Gasteiger partial charge in [-0.25, -0.2) is 0 Å². The number of benzene rings is 2. The van der Waals surface area contributed by atoms with Gasteiger partial charge in [-0.2, -0.15) is 0 Å². The molecule has 10 heteroatoms. The second kappa shape index (κ2) is 19.8. The Morgan fingerprint density at radius 1 is 0.500 bits per heavy atom. The number of fused-ring (bicyclic) bond motifs is 1. The van der Waals surface area contributed by atoms with Crippen molar-refractivity contribution in [3.8, 4) is 11.5 Å². The summed E-state index contributed by atoms with van der Waals surface area (Å²) >= 11 is 0. The van der Waals surface area contributed by atoms with Crippen LogP contribution in [0.25, 0.3) is 10.8 Å². The third-order valence-electron chi connectivity index (χ3n) is 6.80. The van der Waals surface area contributed by atoms with Crippen LogP contribution >= 0.6 is 15.2 Å². The maximum Gasteiger partial charge on any atom is 0.335 e. The van der Waals surface area contributed by atoms with Crippen LogP contribution in [0.3, 0.4) is 0 Å². The highest BCUT2D eigenvalue weighted by Gasteiger charge is 2.30. The maximum absolute atomic E-state index is 13.7. The van der Waals surface area contributed by atoms with Crippen molar-refractivity contribution in [2.75, 3.05) is 39.6 Å². The Kier molecular flexibility index (Phi) is 17.3. The normalized spacial score (nSPS) is 12.2. The Balaban J connectivity index is 2.72. The van der Waals surface area contributed by atoms with Crippen LogP contribution in [0.15, 0.2) is 24.3 Å². The Morgan fingerprint density at radius 2 is 0.857 bits per heavy atom. The van der Waals surface area contributed by atoms with E-state index in [-0.39, 0.29) is 38.8 Å². The fourth-order valence-electron chi connectivity index (χ4n) is 4.96. The molecule has 0 amide bonds. The Labute approximate surface area is 254 Å². The Bertz CT molecular complexity index is 1040. The van der Waals surface area contributed by atoms with E-state index in [1.54, 1.807) is 27.7 Å². The average Bonchev–Trinajstić information content (AvgIpc) is 2.95. The smallest absolute Gasteiger partial charge is 0.335 e. The molecular formula is C32H54O8P2. The fourth-order valence-corrected chi connectivity index (χ4v) is 8.41.